The van der Waals surface area contributed by atoms with E-state index in [0.29, 0.717) is 28.4 Å². The second-order valence-corrected chi connectivity index (χ2v) is 5.71. The molecule has 0 spiro atoms. The second-order valence-electron chi connectivity index (χ2n) is 4.69. The van der Waals surface area contributed by atoms with Crippen LogP contribution in [0.4, 0.5) is 4.39 Å². The third-order valence-electron chi connectivity index (χ3n) is 3.11. The zero-order valence-corrected chi connectivity index (χ0v) is 13.1. The fourth-order valence-corrected chi connectivity index (χ4v) is 2.78. The van der Waals surface area contributed by atoms with Crippen LogP contribution in [0.3, 0.4) is 0 Å². The van der Waals surface area contributed by atoms with E-state index in [1.54, 1.807) is 12.1 Å². The SMILES string of the molecule is CCNC(CC)Cc1nc(CSc2ccccc2F)no1. The van der Waals surface area contributed by atoms with E-state index in [-0.39, 0.29) is 5.82 Å². The number of hydrogen-bond acceptors (Lipinski definition) is 5. The van der Waals surface area contributed by atoms with Gasteiger partial charge in [-0.1, -0.05) is 31.1 Å². The maximum absolute atomic E-state index is 13.5. The summed E-state index contributed by atoms with van der Waals surface area (Å²) >= 11 is 1.37. The van der Waals surface area contributed by atoms with Crippen LogP contribution in [0, 0.1) is 5.82 Å². The first-order valence-corrected chi connectivity index (χ1v) is 8.13. The van der Waals surface area contributed by atoms with Gasteiger partial charge in [0.1, 0.15) is 5.82 Å². The summed E-state index contributed by atoms with van der Waals surface area (Å²) in [4.78, 5) is 4.96. The van der Waals surface area contributed by atoms with Crippen molar-refractivity contribution in [2.45, 2.75) is 43.4 Å². The number of nitrogens with zero attached hydrogens (tertiary/aromatic N) is 2. The lowest BCUT2D eigenvalue weighted by Gasteiger charge is -2.12. The van der Waals surface area contributed by atoms with Gasteiger partial charge in [-0.2, -0.15) is 4.98 Å². The fraction of sp³-hybridized carbons (Fsp3) is 0.467. The molecule has 1 heterocycles. The normalized spacial score (nSPS) is 12.5. The van der Waals surface area contributed by atoms with E-state index in [9.17, 15) is 4.39 Å². The Morgan fingerprint density at radius 1 is 1.33 bits per heavy atom. The first kappa shape index (κ1) is 16.0. The van der Waals surface area contributed by atoms with Gasteiger partial charge in [-0.05, 0) is 25.1 Å². The molecule has 1 unspecified atom stereocenters. The summed E-state index contributed by atoms with van der Waals surface area (Å²) in [6.07, 6.45) is 1.73. The molecule has 0 aliphatic heterocycles. The lowest BCUT2D eigenvalue weighted by Crippen LogP contribution is -2.30. The molecule has 2 aromatic rings. The summed E-state index contributed by atoms with van der Waals surface area (Å²) < 4.78 is 18.8. The molecule has 1 N–H and O–H groups in total. The van der Waals surface area contributed by atoms with E-state index in [1.807, 2.05) is 6.07 Å². The van der Waals surface area contributed by atoms with Crippen molar-refractivity contribution in [2.24, 2.45) is 0 Å². The van der Waals surface area contributed by atoms with Crippen molar-refractivity contribution >= 4 is 11.8 Å². The van der Waals surface area contributed by atoms with Gasteiger partial charge in [-0.15, -0.1) is 11.8 Å². The number of halogens is 1. The maximum atomic E-state index is 13.5. The van der Waals surface area contributed by atoms with Gasteiger partial charge in [0.2, 0.25) is 5.89 Å². The summed E-state index contributed by atoms with van der Waals surface area (Å²) in [5.41, 5.74) is 0. The Labute approximate surface area is 128 Å². The molecule has 1 aromatic carbocycles. The number of rotatable bonds is 8. The minimum atomic E-state index is -0.218. The molecule has 114 valence electrons. The van der Waals surface area contributed by atoms with Gasteiger partial charge >= 0.3 is 0 Å². The van der Waals surface area contributed by atoms with Crippen molar-refractivity contribution < 1.29 is 8.91 Å². The van der Waals surface area contributed by atoms with E-state index in [1.165, 1.54) is 17.8 Å². The van der Waals surface area contributed by atoms with Crippen LogP contribution in [0.25, 0.3) is 0 Å². The standard InChI is InChI=1S/C15H20FN3OS/c1-3-11(17-4-2)9-15-18-14(19-20-15)10-21-13-8-6-5-7-12(13)16/h5-8,11,17H,3-4,9-10H2,1-2H3. The van der Waals surface area contributed by atoms with Gasteiger partial charge in [-0.3, -0.25) is 0 Å². The lowest BCUT2D eigenvalue weighted by molar-refractivity contribution is 0.352. The number of nitrogens with one attached hydrogen (secondary N) is 1. The molecule has 0 aliphatic carbocycles. The largest absolute Gasteiger partial charge is 0.339 e. The topological polar surface area (TPSA) is 51.0 Å². The molecular formula is C15H20FN3OS. The molecule has 2 rings (SSSR count). The summed E-state index contributed by atoms with van der Waals surface area (Å²) in [5, 5.41) is 7.32. The minimum Gasteiger partial charge on any atom is -0.339 e. The van der Waals surface area contributed by atoms with Crippen LogP contribution in [0.5, 0.6) is 0 Å². The summed E-state index contributed by atoms with van der Waals surface area (Å²) in [5.74, 6) is 1.52. The predicted octanol–water partition coefficient (Wildman–Crippen LogP) is 3.43. The number of likely N-dealkylation sites (N-methyl/N-ethyl adjacent to an activating group) is 1. The zero-order chi connectivity index (χ0) is 15.1. The first-order chi connectivity index (χ1) is 10.2. The van der Waals surface area contributed by atoms with Gasteiger partial charge in [0, 0.05) is 17.4 Å². The highest BCUT2D eigenvalue weighted by atomic mass is 32.2. The zero-order valence-electron chi connectivity index (χ0n) is 12.3. The molecule has 0 saturated heterocycles. The van der Waals surface area contributed by atoms with Gasteiger partial charge in [-0.25, -0.2) is 4.39 Å². The van der Waals surface area contributed by atoms with Crippen LogP contribution < -0.4 is 5.32 Å². The lowest BCUT2D eigenvalue weighted by atomic mass is 10.1. The van der Waals surface area contributed by atoms with E-state index < -0.39 is 0 Å². The number of aromatic nitrogens is 2. The monoisotopic (exact) mass is 309 g/mol. The Hall–Kier alpha value is -1.40. The molecule has 1 aromatic heterocycles. The number of hydrogen-bond donors (Lipinski definition) is 1. The van der Waals surface area contributed by atoms with Gasteiger partial charge < -0.3 is 9.84 Å². The molecule has 0 fully saturated rings. The number of benzene rings is 1. The first-order valence-electron chi connectivity index (χ1n) is 7.15. The highest BCUT2D eigenvalue weighted by Crippen LogP contribution is 2.24. The minimum absolute atomic E-state index is 0.218. The molecule has 0 amide bonds. The number of thioether (sulfide) groups is 1. The Kier molecular flexibility index (Phi) is 6.20. The maximum Gasteiger partial charge on any atom is 0.228 e. The average Bonchev–Trinajstić information content (AvgIpc) is 2.93. The van der Waals surface area contributed by atoms with Crippen molar-refractivity contribution in [3.63, 3.8) is 0 Å². The highest BCUT2D eigenvalue weighted by molar-refractivity contribution is 7.98. The summed E-state index contributed by atoms with van der Waals surface area (Å²) in [6.45, 7) is 5.12. The Bertz CT molecular complexity index is 561. The van der Waals surface area contributed by atoms with E-state index >= 15 is 0 Å². The molecule has 0 bridgehead atoms. The molecule has 1 atom stereocenters. The van der Waals surface area contributed by atoms with Crippen LogP contribution in [0.15, 0.2) is 33.7 Å². The van der Waals surface area contributed by atoms with Crippen molar-refractivity contribution in [1.82, 2.24) is 15.5 Å². The van der Waals surface area contributed by atoms with E-state index in [0.717, 1.165) is 19.4 Å². The Morgan fingerprint density at radius 2 is 2.14 bits per heavy atom. The second kappa shape index (κ2) is 8.14. The van der Waals surface area contributed by atoms with Crippen LogP contribution >= 0.6 is 11.8 Å². The van der Waals surface area contributed by atoms with Gasteiger partial charge in [0.05, 0.1) is 5.75 Å². The van der Waals surface area contributed by atoms with E-state index in [4.69, 9.17) is 4.52 Å². The highest BCUT2D eigenvalue weighted by Gasteiger charge is 2.13. The molecule has 21 heavy (non-hydrogen) atoms. The molecular weight excluding hydrogens is 289 g/mol. The van der Waals surface area contributed by atoms with Gasteiger partial charge in [0.25, 0.3) is 0 Å². The molecule has 0 aliphatic rings. The van der Waals surface area contributed by atoms with Crippen molar-refractivity contribution in [1.29, 1.82) is 0 Å². The molecule has 0 radical (unpaired) electrons. The third kappa shape index (κ3) is 4.82. The quantitative estimate of drug-likeness (QED) is 0.757. The fourth-order valence-electron chi connectivity index (χ4n) is 2.00. The molecule has 4 nitrogen and oxygen atoms in total. The van der Waals surface area contributed by atoms with Crippen molar-refractivity contribution in [3.8, 4) is 0 Å². The predicted molar refractivity (Wildman–Crippen MR) is 81.7 cm³/mol. The summed E-state index contributed by atoms with van der Waals surface area (Å²) in [7, 11) is 0. The van der Waals surface area contributed by atoms with Gasteiger partial charge in [0.15, 0.2) is 5.82 Å². The van der Waals surface area contributed by atoms with Crippen molar-refractivity contribution in [2.75, 3.05) is 6.54 Å². The van der Waals surface area contributed by atoms with Crippen LogP contribution in [-0.2, 0) is 12.2 Å². The smallest absolute Gasteiger partial charge is 0.228 e. The van der Waals surface area contributed by atoms with E-state index in [2.05, 4.69) is 29.3 Å². The van der Waals surface area contributed by atoms with Crippen LogP contribution in [-0.4, -0.2) is 22.7 Å². The van der Waals surface area contributed by atoms with Crippen LogP contribution in [0.2, 0.25) is 0 Å². The van der Waals surface area contributed by atoms with Crippen molar-refractivity contribution in [3.05, 3.63) is 41.8 Å². The molecule has 6 heteroatoms. The molecule has 0 saturated carbocycles. The third-order valence-corrected chi connectivity index (χ3v) is 4.15. The Morgan fingerprint density at radius 3 is 2.86 bits per heavy atom. The average molecular weight is 309 g/mol. The summed E-state index contributed by atoms with van der Waals surface area (Å²) in [6, 6.07) is 7.04. The Balaban J connectivity index is 1.90. The van der Waals surface area contributed by atoms with Crippen LogP contribution in [0.1, 0.15) is 32.0 Å².